The summed E-state index contributed by atoms with van der Waals surface area (Å²) < 4.78 is 5.36. The topological polar surface area (TPSA) is 81.4 Å². The largest absolute Gasteiger partial charge is 0.459 e. The van der Waals surface area contributed by atoms with Gasteiger partial charge in [0.1, 0.15) is 12.6 Å². The van der Waals surface area contributed by atoms with Crippen molar-refractivity contribution in [3.63, 3.8) is 0 Å². The van der Waals surface area contributed by atoms with Gasteiger partial charge in [0.2, 0.25) is 5.91 Å². The van der Waals surface area contributed by atoms with Gasteiger partial charge in [-0.25, -0.2) is 4.79 Å². The number of esters is 1. The highest BCUT2D eigenvalue weighted by Gasteiger charge is 2.28. The van der Waals surface area contributed by atoms with Crippen LogP contribution >= 0.6 is 11.8 Å². The number of amides is 1. The molecule has 0 saturated carbocycles. The van der Waals surface area contributed by atoms with Crippen molar-refractivity contribution < 1.29 is 14.3 Å². The highest BCUT2D eigenvalue weighted by Crippen LogP contribution is 2.24. The number of nitrogens with one attached hydrogen (secondary N) is 1. The molecule has 0 spiro atoms. The van der Waals surface area contributed by atoms with Gasteiger partial charge in [-0.15, -0.1) is 0 Å². The van der Waals surface area contributed by atoms with E-state index in [1.54, 1.807) is 11.8 Å². The summed E-state index contributed by atoms with van der Waals surface area (Å²) >= 11 is 1.60. The lowest BCUT2D eigenvalue weighted by atomic mass is 10.0. The summed E-state index contributed by atoms with van der Waals surface area (Å²) in [7, 11) is 0. The van der Waals surface area contributed by atoms with E-state index in [1.807, 2.05) is 44.2 Å². The van der Waals surface area contributed by atoms with Gasteiger partial charge < -0.3 is 15.8 Å². The Labute approximate surface area is 155 Å². The second-order valence-corrected chi connectivity index (χ2v) is 9.19. The maximum atomic E-state index is 12.5. The molecule has 0 radical (unpaired) electrons. The quantitative estimate of drug-likeness (QED) is 0.692. The van der Waals surface area contributed by atoms with Gasteiger partial charge in [0.15, 0.2) is 0 Å². The van der Waals surface area contributed by atoms with Crippen LogP contribution in [0.2, 0.25) is 0 Å². The van der Waals surface area contributed by atoms with Gasteiger partial charge in [-0.05, 0) is 11.5 Å². The molecule has 140 valence electrons. The van der Waals surface area contributed by atoms with E-state index in [4.69, 9.17) is 10.5 Å². The number of hydrogen-bond acceptors (Lipinski definition) is 5. The number of benzene rings is 1. The van der Waals surface area contributed by atoms with E-state index in [9.17, 15) is 9.59 Å². The molecule has 5 nitrogen and oxygen atoms in total. The van der Waals surface area contributed by atoms with E-state index in [-0.39, 0.29) is 23.2 Å². The van der Waals surface area contributed by atoms with E-state index < -0.39 is 18.1 Å². The smallest absolute Gasteiger partial charge is 0.329 e. The number of ether oxygens (including phenoxy) is 1. The van der Waals surface area contributed by atoms with Gasteiger partial charge in [0, 0.05) is 10.5 Å². The first-order valence-electron chi connectivity index (χ1n) is 8.50. The highest BCUT2D eigenvalue weighted by atomic mass is 32.2. The third-order valence-electron chi connectivity index (χ3n) is 3.53. The fourth-order valence-electron chi connectivity index (χ4n) is 1.90. The first-order valence-corrected chi connectivity index (χ1v) is 9.49. The van der Waals surface area contributed by atoms with Gasteiger partial charge in [-0.1, -0.05) is 65.0 Å². The molecule has 0 heterocycles. The summed E-state index contributed by atoms with van der Waals surface area (Å²) in [5.41, 5.74) is 6.79. The van der Waals surface area contributed by atoms with E-state index in [0.29, 0.717) is 5.75 Å². The van der Waals surface area contributed by atoms with Crippen molar-refractivity contribution in [1.82, 2.24) is 5.32 Å². The lowest BCUT2D eigenvalue weighted by Gasteiger charge is -2.24. The highest BCUT2D eigenvalue weighted by molar-refractivity contribution is 8.00. The third kappa shape index (κ3) is 8.40. The zero-order chi connectivity index (χ0) is 19.0. The number of hydrogen-bond donors (Lipinski definition) is 2. The zero-order valence-electron chi connectivity index (χ0n) is 15.7. The van der Waals surface area contributed by atoms with Crippen LogP contribution in [0.4, 0.5) is 0 Å². The fraction of sp³-hybridized carbons (Fsp3) is 0.579. The molecule has 3 N–H and O–H groups in total. The summed E-state index contributed by atoms with van der Waals surface area (Å²) in [6, 6.07) is 8.09. The van der Waals surface area contributed by atoms with Crippen molar-refractivity contribution >= 4 is 23.6 Å². The Morgan fingerprint density at radius 3 is 2.32 bits per heavy atom. The first kappa shape index (κ1) is 21.5. The lowest BCUT2D eigenvalue weighted by molar-refractivity contribution is -0.148. The molecule has 2 atom stereocenters. The van der Waals surface area contributed by atoms with Crippen molar-refractivity contribution in [2.45, 2.75) is 58.1 Å². The van der Waals surface area contributed by atoms with Crippen molar-refractivity contribution in [2.75, 3.05) is 5.75 Å². The van der Waals surface area contributed by atoms with Crippen molar-refractivity contribution in [3.05, 3.63) is 35.9 Å². The van der Waals surface area contributed by atoms with Crippen LogP contribution in [0.15, 0.2) is 30.3 Å². The molecule has 0 saturated heterocycles. The van der Waals surface area contributed by atoms with Crippen LogP contribution in [0.25, 0.3) is 0 Å². The van der Waals surface area contributed by atoms with Crippen LogP contribution in [0.5, 0.6) is 0 Å². The Morgan fingerprint density at radius 2 is 1.80 bits per heavy atom. The minimum Gasteiger partial charge on any atom is -0.459 e. The molecule has 0 aliphatic carbocycles. The molecule has 1 aromatic carbocycles. The van der Waals surface area contributed by atoms with Crippen LogP contribution in [0, 0.1) is 5.92 Å². The number of carbonyl (C=O) groups excluding carboxylic acids is 2. The molecule has 1 amide bonds. The molecule has 0 aliphatic rings. The summed E-state index contributed by atoms with van der Waals surface area (Å²) in [6.07, 6.45) is 0. The summed E-state index contributed by atoms with van der Waals surface area (Å²) in [4.78, 5) is 24.7. The number of carbonyl (C=O) groups is 2. The molecule has 6 heteroatoms. The van der Waals surface area contributed by atoms with Crippen LogP contribution < -0.4 is 11.1 Å². The number of thioether (sulfide) groups is 1. The Bertz CT molecular complexity index is 556. The van der Waals surface area contributed by atoms with Gasteiger partial charge in [0.05, 0.1) is 6.04 Å². The Hall–Kier alpha value is -1.53. The van der Waals surface area contributed by atoms with Crippen molar-refractivity contribution in [1.29, 1.82) is 0 Å². The zero-order valence-corrected chi connectivity index (χ0v) is 16.6. The van der Waals surface area contributed by atoms with Crippen molar-refractivity contribution in [3.8, 4) is 0 Å². The molecular formula is C19H30N2O3S. The molecular weight excluding hydrogens is 336 g/mol. The summed E-state index contributed by atoms with van der Waals surface area (Å²) in [6.45, 7) is 10.1. The minimum atomic E-state index is -0.717. The molecule has 1 rings (SSSR count). The predicted octanol–water partition coefficient (Wildman–Crippen LogP) is 2.73. The van der Waals surface area contributed by atoms with E-state index in [2.05, 4.69) is 26.1 Å². The average Bonchev–Trinajstić information content (AvgIpc) is 2.55. The van der Waals surface area contributed by atoms with Crippen LogP contribution in [-0.2, 0) is 20.9 Å². The molecule has 0 aliphatic heterocycles. The van der Waals surface area contributed by atoms with E-state index in [1.165, 1.54) is 0 Å². The standard InChI is InChI=1S/C19H30N2O3S/c1-13(2)16(20)17(22)21-15(12-25-19(3,4)5)18(23)24-11-14-9-7-6-8-10-14/h6-10,13,15-16H,11-12,20H2,1-5H3,(H,21,22). The average molecular weight is 367 g/mol. The SMILES string of the molecule is CC(C)C(N)C(=O)NC(CSC(C)(C)C)C(=O)OCc1ccccc1. The van der Waals surface area contributed by atoms with Gasteiger partial charge in [0.25, 0.3) is 0 Å². The maximum Gasteiger partial charge on any atom is 0.329 e. The maximum absolute atomic E-state index is 12.5. The molecule has 1 aromatic rings. The van der Waals surface area contributed by atoms with Crippen LogP contribution in [0.3, 0.4) is 0 Å². The molecule has 0 fully saturated rings. The molecule has 0 aromatic heterocycles. The minimum absolute atomic E-state index is 0.00346. The fourth-order valence-corrected chi connectivity index (χ4v) is 2.79. The molecule has 25 heavy (non-hydrogen) atoms. The third-order valence-corrected chi connectivity index (χ3v) is 4.89. The van der Waals surface area contributed by atoms with Gasteiger partial charge in [-0.3, -0.25) is 4.79 Å². The van der Waals surface area contributed by atoms with Crippen LogP contribution in [-0.4, -0.2) is 34.5 Å². The normalized spacial score (nSPS) is 14.0. The van der Waals surface area contributed by atoms with Gasteiger partial charge in [-0.2, -0.15) is 11.8 Å². The monoisotopic (exact) mass is 366 g/mol. The predicted molar refractivity (Wildman–Crippen MR) is 103 cm³/mol. The summed E-state index contributed by atoms with van der Waals surface area (Å²) in [5, 5.41) is 2.75. The second kappa shape index (κ2) is 9.82. The lowest BCUT2D eigenvalue weighted by Crippen LogP contribution is -2.51. The van der Waals surface area contributed by atoms with Gasteiger partial charge >= 0.3 is 5.97 Å². The Balaban J connectivity index is 2.71. The molecule has 0 bridgehead atoms. The first-order chi connectivity index (χ1) is 11.6. The Morgan fingerprint density at radius 1 is 1.20 bits per heavy atom. The van der Waals surface area contributed by atoms with Crippen molar-refractivity contribution in [2.24, 2.45) is 11.7 Å². The summed E-state index contributed by atoms with van der Waals surface area (Å²) in [5.74, 6) is -0.333. The second-order valence-electron chi connectivity index (χ2n) is 7.35. The number of nitrogens with two attached hydrogens (primary N) is 1. The number of rotatable bonds is 8. The van der Waals surface area contributed by atoms with E-state index in [0.717, 1.165) is 5.56 Å². The molecule has 2 unspecified atom stereocenters. The Kier molecular flexibility index (Phi) is 8.45. The van der Waals surface area contributed by atoms with Crippen LogP contribution in [0.1, 0.15) is 40.2 Å². The van der Waals surface area contributed by atoms with E-state index >= 15 is 0 Å².